The van der Waals surface area contributed by atoms with Crippen molar-refractivity contribution in [3.63, 3.8) is 0 Å². The van der Waals surface area contributed by atoms with Crippen LogP contribution in [0.25, 0.3) is 17.0 Å². The van der Waals surface area contributed by atoms with Crippen LogP contribution in [0.3, 0.4) is 0 Å². The van der Waals surface area contributed by atoms with Gasteiger partial charge < -0.3 is 14.0 Å². The zero-order chi connectivity index (χ0) is 17.5. The van der Waals surface area contributed by atoms with E-state index in [1.54, 1.807) is 11.6 Å². The highest BCUT2D eigenvalue weighted by atomic mass is 16.5. The smallest absolute Gasteiger partial charge is 0.261 e. The van der Waals surface area contributed by atoms with Gasteiger partial charge in [0.05, 0.1) is 11.1 Å². The van der Waals surface area contributed by atoms with E-state index in [-0.39, 0.29) is 5.56 Å². The summed E-state index contributed by atoms with van der Waals surface area (Å²) >= 11 is 0. The molecule has 4 heteroatoms. The molecule has 0 fully saturated rings. The first-order valence-electron chi connectivity index (χ1n) is 8.10. The first-order chi connectivity index (χ1) is 11.3. The third-order valence-corrected chi connectivity index (χ3v) is 4.11. The fourth-order valence-corrected chi connectivity index (χ4v) is 2.83. The third-order valence-electron chi connectivity index (χ3n) is 4.11. The number of nitrogens with zero attached hydrogens (tertiary/aromatic N) is 1. The molecule has 2 heterocycles. The molecule has 0 bridgehead atoms. The van der Waals surface area contributed by atoms with E-state index >= 15 is 0 Å². The van der Waals surface area contributed by atoms with Gasteiger partial charge in [-0.15, -0.1) is 0 Å². The second-order valence-corrected chi connectivity index (χ2v) is 6.89. The van der Waals surface area contributed by atoms with Crippen molar-refractivity contribution in [3.05, 3.63) is 51.8 Å². The van der Waals surface area contributed by atoms with Crippen LogP contribution in [0.5, 0.6) is 11.5 Å². The number of aromatic nitrogens is 1. The number of benzene rings is 1. The summed E-state index contributed by atoms with van der Waals surface area (Å²) in [6.45, 7) is 8.48. The molecule has 0 saturated heterocycles. The molecule has 0 unspecified atom stereocenters. The van der Waals surface area contributed by atoms with Gasteiger partial charge in [0.1, 0.15) is 23.7 Å². The molecule has 3 rings (SSSR count). The Bertz CT molecular complexity index is 913. The van der Waals surface area contributed by atoms with Gasteiger partial charge in [-0.05, 0) is 58.1 Å². The molecule has 1 aromatic carbocycles. The van der Waals surface area contributed by atoms with Crippen molar-refractivity contribution in [2.45, 2.75) is 33.3 Å². The zero-order valence-electron chi connectivity index (χ0n) is 14.8. The van der Waals surface area contributed by atoms with Crippen molar-refractivity contribution < 1.29 is 9.47 Å². The van der Waals surface area contributed by atoms with E-state index in [1.165, 1.54) is 5.57 Å². The molecule has 0 aliphatic carbocycles. The van der Waals surface area contributed by atoms with Gasteiger partial charge in [0.25, 0.3) is 5.56 Å². The summed E-state index contributed by atoms with van der Waals surface area (Å²) in [7, 11) is 1.77. The number of para-hydroxylation sites is 1. The van der Waals surface area contributed by atoms with Crippen LogP contribution in [0.2, 0.25) is 0 Å². The number of hydrogen-bond donors (Lipinski definition) is 0. The standard InChI is InChI=1S/C20H23NO3/c1-13(2)10-12-23-16-8-6-7-14-17(16)21(5)19(22)15-9-11-20(3,4)24-18(14)15/h6-11H,12H2,1-5H3. The van der Waals surface area contributed by atoms with Crippen molar-refractivity contribution in [3.8, 4) is 11.5 Å². The Morgan fingerprint density at radius 2 is 2.08 bits per heavy atom. The fourth-order valence-electron chi connectivity index (χ4n) is 2.83. The Balaban J connectivity index is 2.22. The zero-order valence-corrected chi connectivity index (χ0v) is 14.8. The van der Waals surface area contributed by atoms with Crippen molar-refractivity contribution in [1.29, 1.82) is 0 Å². The molecule has 0 radical (unpaired) electrons. The Labute approximate surface area is 142 Å². The lowest BCUT2D eigenvalue weighted by atomic mass is 10.0. The van der Waals surface area contributed by atoms with Crippen LogP contribution in [0, 0.1) is 0 Å². The van der Waals surface area contributed by atoms with Gasteiger partial charge in [-0.3, -0.25) is 4.79 Å². The number of pyridine rings is 1. The predicted octanol–water partition coefficient (Wildman–Crippen LogP) is 4.07. The number of aryl methyl sites for hydroxylation is 1. The van der Waals surface area contributed by atoms with Crippen molar-refractivity contribution in [2.24, 2.45) is 7.05 Å². The largest absolute Gasteiger partial charge is 0.487 e. The molecule has 0 saturated carbocycles. The Hall–Kier alpha value is -2.49. The van der Waals surface area contributed by atoms with Crippen LogP contribution >= 0.6 is 0 Å². The molecule has 0 amide bonds. The van der Waals surface area contributed by atoms with Gasteiger partial charge in [-0.25, -0.2) is 0 Å². The van der Waals surface area contributed by atoms with Crippen molar-refractivity contribution in [2.75, 3.05) is 6.61 Å². The summed E-state index contributed by atoms with van der Waals surface area (Å²) in [6, 6.07) is 5.78. The van der Waals surface area contributed by atoms with Crippen molar-refractivity contribution >= 4 is 17.0 Å². The minimum absolute atomic E-state index is 0.0810. The van der Waals surface area contributed by atoms with E-state index < -0.39 is 5.60 Å². The Kier molecular flexibility index (Phi) is 3.99. The molecular weight excluding hydrogens is 302 g/mol. The number of hydrogen-bond acceptors (Lipinski definition) is 3. The van der Waals surface area contributed by atoms with Crippen LogP contribution in [-0.2, 0) is 7.05 Å². The second kappa shape index (κ2) is 5.86. The average Bonchev–Trinajstić information content (AvgIpc) is 2.51. The van der Waals surface area contributed by atoms with Gasteiger partial charge in [-0.2, -0.15) is 0 Å². The summed E-state index contributed by atoms with van der Waals surface area (Å²) in [5.74, 6) is 1.32. The molecule has 4 nitrogen and oxygen atoms in total. The molecule has 0 atom stereocenters. The molecule has 1 aromatic heterocycles. The lowest BCUT2D eigenvalue weighted by Crippen LogP contribution is -2.31. The third kappa shape index (κ3) is 2.84. The highest BCUT2D eigenvalue weighted by Crippen LogP contribution is 2.38. The minimum atomic E-state index is -0.439. The van der Waals surface area contributed by atoms with Crippen LogP contribution in [0.1, 0.15) is 33.3 Å². The first kappa shape index (κ1) is 16.4. The highest BCUT2D eigenvalue weighted by molar-refractivity contribution is 5.93. The number of rotatable bonds is 3. The summed E-state index contributed by atoms with van der Waals surface area (Å²) in [5, 5.41) is 0.888. The van der Waals surface area contributed by atoms with Gasteiger partial charge in [0.2, 0.25) is 0 Å². The van der Waals surface area contributed by atoms with E-state index in [9.17, 15) is 4.79 Å². The molecule has 1 aliphatic rings. The number of ether oxygens (including phenoxy) is 2. The van der Waals surface area contributed by atoms with E-state index in [4.69, 9.17) is 9.47 Å². The molecule has 2 aromatic rings. The lowest BCUT2D eigenvalue weighted by Gasteiger charge is -2.29. The quantitative estimate of drug-likeness (QED) is 0.799. The maximum Gasteiger partial charge on any atom is 0.261 e. The lowest BCUT2D eigenvalue weighted by molar-refractivity contribution is 0.161. The van der Waals surface area contributed by atoms with E-state index in [0.29, 0.717) is 23.7 Å². The van der Waals surface area contributed by atoms with Crippen LogP contribution in [0.15, 0.2) is 40.7 Å². The van der Waals surface area contributed by atoms with Crippen molar-refractivity contribution in [1.82, 2.24) is 4.57 Å². The maximum absolute atomic E-state index is 12.7. The van der Waals surface area contributed by atoms with Crippen LogP contribution in [-0.4, -0.2) is 16.8 Å². The summed E-state index contributed by atoms with van der Waals surface area (Å²) in [6.07, 6.45) is 5.78. The summed E-state index contributed by atoms with van der Waals surface area (Å²) in [5.41, 5.74) is 2.02. The second-order valence-electron chi connectivity index (χ2n) is 6.89. The van der Waals surface area contributed by atoms with E-state index in [2.05, 4.69) is 0 Å². The van der Waals surface area contributed by atoms with Crippen LogP contribution < -0.4 is 15.0 Å². The van der Waals surface area contributed by atoms with Gasteiger partial charge in [-0.1, -0.05) is 11.6 Å². The van der Waals surface area contributed by atoms with Gasteiger partial charge in [0, 0.05) is 12.4 Å². The highest BCUT2D eigenvalue weighted by Gasteiger charge is 2.27. The van der Waals surface area contributed by atoms with Gasteiger partial charge >= 0.3 is 0 Å². The summed E-state index contributed by atoms with van der Waals surface area (Å²) in [4.78, 5) is 12.7. The minimum Gasteiger partial charge on any atom is -0.487 e. The van der Waals surface area contributed by atoms with Crippen LogP contribution in [0.4, 0.5) is 0 Å². The maximum atomic E-state index is 12.7. The molecular formula is C20H23NO3. The normalized spacial score (nSPS) is 14.9. The molecule has 0 N–H and O–H groups in total. The monoisotopic (exact) mass is 325 g/mol. The Morgan fingerprint density at radius 1 is 1.33 bits per heavy atom. The number of allylic oxidation sites excluding steroid dienone is 1. The first-order valence-corrected chi connectivity index (χ1v) is 8.10. The molecule has 1 aliphatic heterocycles. The Morgan fingerprint density at radius 3 is 2.79 bits per heavy atom. The van der Waals surface area contributed by atoms with Gasteiger partial charge in [0.15, 0.2) is 0 Å². The topological polar surface area (TPSA) is 40.5 Å². The average molecular weight is 325 g/mol. The summed E-state index contributed by atoms with van der Waals surface area (Å²) < 4.78 is 13.6. The number of fused-ring (bicyclic) bond motifs is 3. The molecule has 0 spiro atoms. The predicted molar refractivity (Wildman–Crippen MR) is 97.9 cm³/mol. The van der Waals surface area contributed by atoms with E-state index in [1.807, 2.05) is 64.1 Å². The fraction of sp³-hybridized carbons (Fsp3) is 0.350. The molecule has 126 valence electrons. The molecule has 24 heavy (non-hydrogen) atoms. The van der Waals surface area contributed by atoms with E-state index in [0.717, 1.165) is 10.9 Å². The SMILES string of the molecule is CC(C)=CCOc1cccc2c3c(c(=O)n(C)c12)C=CC(C)(C)O3.